The van der Waals surface area contributed by atoms with Gasteiger partial charge in [-0.3, -0.25) is 14.5 Å². The first-order valence-electron chi connectivity index (χ1n) is 14.2. The number of carbonyl (C=O) groups excluding carboxylic acids is 2. The molecule has 0 aliphatic carbocycles. The molecule has 9 heteroatoms. The average molecular weight is 577 g/mol. The molecule has 1 fully saturated rings. The van der Waals surface area contributed by atoms with Crippen LogP contribution in [0.4, 0.5) is 5.82 Å². The fraction of sp³-hybridized carbons (Fsp3) is 0.469. The Hall–Kier alpha value is -3.46. The number of fused-ring (bicyclic) bond motifs is 1. The molecule has 3 aromatic rings. The number of thioether (sulfide) groups is 1. The van der Waals surface area contributed by atoms with Gasteiger partial charge in [-0.2, -0.15) is 5.10 Å². The highest BCUT2D eigenvalue weighted by molar-refractivity contribution is 8.00. The quantitative estimate of drug-likeness (QED) is 0.372. The Bertz CT molecular complexity index is 1410. The third-order valence-electron chi connectivity index (χ3n) is 7.92. The average Bonchev–Trinajstić information content (AvgIpc) is 3.31. The Morgan fingerprint density at radius 2 is 1.76 bits per heavy atom. The van der Waals surface area contributed by atoms with Crippen molar-refractivity contribution in [2.45, 2.75) is 51.3 Å². The van der Waals surface area contributed by atoms with Gasteiger partial charge in [-0.05, 0) is 57.7 Å². The van der Waals surface area contributed by atoms with E-state index in [0.29, 0.717) is 23.2 Å². The van der Waals surface area contributed by atoms with Crippen LogP contribution in [0.15, 0.2) is 48.5 Å². The molecular weight excluding hydrogens is 536 g/mol. The SMILES string of the molecule is COc1ccc(OC)c([C@@H]2SCC(=O)N(CC(=O)N3CCC(C)CC3)c3c2c(-c2ccccc2)nn3C(C)(C)C)c1. The number of nitrogens with zero attached hydrogens (tertiary/aromatic N) is 4. The molecule has 0 N–H and O–H groups in total. The summed E-state index contributed by atoms with van der Waals surface area (Å²) in [6.07, 6.45) is 1.97. The summed E-state index contributed by atoms with van der Waals surface area (Å²) in [4.78, 5) is 31.2. The number of ether oxygens (including phenoxy) is 2. The van der Waals surface area contributed by atoms with Crippen molar-refractivity contribution in [3.8, 4) is 22.8 Å². The van der Waals surface area contributed by atoms with E-state index in [9.17, 15) is 9.59 Å². The minimum atomic E-state index is -0.461. The topological polar surface area (TPSA) is 76.9 Å². The van der Waals surface area contributed by atoms with E-state index < -0.39 is 5.54 Å². The van der Waals surface area contributed by atoms with Crippen LogP contribution in [0.2, 0.25) is 0 Å². The van der Waals surface area contributed by atoms with Crippen molar-refractivity contribution in [3.63, 3.8) is 0 Å². The number of hydrogen-bond acceptors (Lipinski definition) is 6. The van der Waals surface area contributed by atoms with Crippen molar-refractivity contribution in [2.75, 3.05) is 44.5 Å². The number of amides is 2. The van der Waals surface area contributed by atoms with Crippen LogP contribution >= 0.6 is 11.8 Å². The van der Waals surface area contributed by atoms with Crippen LogP contribution in [-0.2, 0) is 15.1 Å². The van der Waals surface area contributed by atoms with Gasteiger partial charge in [-0.25, -0.2) is 4.68 Å². The van der Waals surface area contributed by atoms with E-state index in [0.717, 1.165) is 48.3 Å². The molecule has 0 saturated carbocycles. The molecule has 5 rings (SSSR count). The highest BCUT2D eigenvalue weighted by Crippen LogP contribution is 2.51. The lowest BCUT2D eigenvalue weighted by atomic mass is 9.98. The molecule has 0 unspecified atom stereocenters. The number of likely N-dealkylation sites (tertiary alicyclic amines) is 1. The Labute approximate surface area is 247 Å². The first kappa shape index (κ1) is 29.0. The normalized spacial score (nSPS) is 18.2. The summed E-state index contributed by atoms with van der Waals surface area (Å²) in [5.74, 6) is 2.76. The zero-order valence-electron chi connectivity index (χ0n) is 24.8. The molecule has 2 amide bonds. The molecule has 1 atom stereocenters. The van der Waals surface area contributed by atoms with E-state index in [-0.39, 0.29) is 29.4 Å². The lowest BCUT2D eigenvalue weighted by Gasteiger charge is -2.33. The van der Waals surface area contributed by atoms with Gasteiger partial charge in [-0.1, -0.05) is 37.3 Å². The summed E-state index contributed by atoms with van der Waals surface area (Å²) in [5, 5.41) is 4.89. The van der Waals surface area contributed by atoms with Gasteiger partial charge >= 0.3 is 0 Å². The van der Waals surface area contributed by atoms with E-state index in [1.54, 1.807) is 19.1 Å². The van der Waals surface area contributed by atoms with Crippen molar-refractivity contribution < 1.29 is 19.1 Å². The van der Waals surface area contributed by atoms with Gasteiger partial charge in [0.25, 0.3) is 0 Å². The summed E-state index contributed by atoms with van der Waals surface area (Å²) in [6.45, 7) is 9.88. The van der Waals surface area contributed by atoms with Gasteiger partial charge in [0.2, 0.25) is 11.8 Å². The fourth-order valence-electron chi connectivity index (χ4n) is 5.58. The molecular formula is C32H40N4O4S. The number of piperidine rings is 1. The predicted molar refractivity (Wildman–Crippen MR) is 164 cm³/mol. The Balaban J connectivity index is 1.73. The van der Waals surface area contributed by atoms with Gasteiger partial charge < -0.3 is 14.4 Å². The molecule has 2 aliphatic rings. The molecule has 8 nitrogen and oxygen atoms in total. The van der Waals surface area contributed by atoms with Crippen molar-refractivity contribution in [1.82, 2.24) is 14.7 Å². The van der Waals surface area contributed by atoms with Crippen LogP contribution in [0.3, 0.4) is 0 Å². The third kappa shape index (κ3) is 5.82. The highest BCUT2D eigenvalue weighted by atomic mass is 32.2. The smallest absolute Gasteiger partial charge is 0.242 e. The molecule has 0 spiro atoms. The van der Waals surface area contributed by atoms with Crippen LogP contribution < -0.4 is 14.4 Å². The van der Waals surface area contributed by atoms with Gasteiger partial charge in [0.05, 0.1) is 36.5 Å². The Kier molecular flexibility index (Phi) is 8.36. The maximum atomic E-state index is 14.0. The van der Waals surface area contributed by atoms with Crippen molar-refractivity contribution >= 4 is 29.4 Å². The van der Waals surface area contributed by atoms with Crippen LogP contribution in [0.5, 0.6) is 11.5 Å². The van der Waals surface area contributed by atoms with E-state index in [4.69, 9.17) is 14.6 Å². The molecule has 41 heavy (non-hydrogen) atoms. The third-order valence-corrected chi connectivity index (χ3v) is 9.16. The monoisotopic (exact) mass is 576 g/mol. The van der Waals surface area contributed by atoms with Gasteiger partial charge in [-0.15, -0.1) is 11.8 Å². The van der Waals surface area contributed by atoms with Gasteiger partial charge in [0.1, 0.15) is 23.9 Å². The van der Waals surface area contributed by atoms with E-state index >= 15 is 0 Å². The predicted octanol–water partition coefficient (Wildman–Crippen LogP) is 5.75. The van der Waals surface area contributed by atoms with E-state index in [1.165, 1.54) is 11.8 Å². The number of anilines is 1. The highest BCUT2D eigenvalue weighted by Gasteiger charge is 2.40. The minimum absolute atomic E-state index is 0.0151. The molecule has 2 aliphatic heterocycles. The molecule has 2 aromatic carbocycles. The Morgan fingerprint density at radius 3 is 2.39 bits per heavy atom. The molecule has 1 saturated heterocycles. The first-order chi connectivity index (χ1) is 19.6. The van der Waals surface area contributed by atoms with Gasteiger partial charge in [0.15, 0.2) is 0 Å². The second-order valence-corrected chi connectivity index (χ2v) is 13.0. The zero-order chi connectivity index (χ0) is 29.3. The lowest BCUT2D eigenvalue weighted by molar-refractivity contribution is -0.132. The fourth-order valence-corrected chi connectivity index (χ4v) is 6.79. The first-order valence-corrected chi connectivity index (χ1v) is 15.3. The lowest BCUT2D eigenvalue weighted by Crippen LogP contribution is -2.47. The van der Waals surface area contributed by atoms with Gasteiger partial charge in [0, 0.05) is 29.8 Å². The molecule has 0 radical (unpaired) electrons. The summed E-state index contributed by atoms with van der Waals surface area (Å²) >= 11 is 1.53. The van der Waals surface area contributed by atoms with Crippen LogP contribution in [0.25, 0.3) is 11.3 Å². The second kappa shape index (κ2) is 11.8. The summed E-state index contributed by atoms with van der Waals surface area (Å²) in [6, 6.07) is 15.8. The summed E-state index contributed by atoms with van der Waals surface area (Å²) < 4.78 is 13.3. The van der Waals surface area contributed by atoms with E-state index in [2.05, 4.69) is 27.7 Å². The van der Waals surface area contributed by atoms with Crippen molar-refractivity contribution in [3.05, 3.63) is 59.7 Å². The number of benzene rings is 2. The number of methoxy groups -OCH3 is 2. The van der Waals surface area contributed by atoms with Crippen LogP contribution in [0, 0.1) is 5.92 Å². The van der Waals surface area contributed by atoms with Crippen molar-refractivity contribution in [1.29, 1.82) is 0 Å². The number of hydrogen-bond donors (Lipinski definition) is 0. The molecule has 3 heterocycles. The number of aromatic nitrogens is 2. The summed E-state index contributed by atoms with van der Waals surface area (Å²) in [7, 11) is 3.29. The number of rotatable bonds is 6. The zero-order valence-corrected chi connectivity index (χ0v) is 25.7. The maximum Gasteiger partial charge on any atom is 0.242 e. The standard InChI is InChI=1S/C32H40N4O4S/c1-21-14-16-34(17-15-21)26(37)19-35-27(38)20-41-30(24-18-23(39-5)12-13-25(24)40-6)28-29(22-10-8-7-9-11-22)33-36(31(28)35)32(2,3)4/h7-13,18,21,30H,14-17,19-20H2,1-6H3/t30-/m0/s1. The molecule has 0 bridgehead atoms. The summed E-state index contributed by atoms with van der Waals surface area (Å²) in [5.41, 5.74) is 3.07. The number of carbonyl (C=O) groups is 2. The molecule has 1 aromatic heterocycles. The van der Waals surface area contributed by atoms with Crippen LogP contribution in [0.1, 0.15) is 56.9 Å². The Morgan fingerprint density at radius 1 is 1.05 bits per heavy atom. The van der Waals surface area contributed by atoms with E-state index in [1.807, 2.05) is 58.1 Å². The van der Waals surface area contributed by atoms with Crippen molar-refractivity contribution in [2.24, 2.45) is 5.92 Å². The largest absolute Gasteiger partial charge is 0.497 e. The maximum absolute atomic E-state index is 14.0. The minimum Gasteiger partial charge on any atom is -0.497 e. The second-order valence-electron chi connectivity index (χ2n) is 11.9. The molecule has 218 valence electrons. The van der Waals surface area contributed by atoms with Crippen LogP contribution in [-0.4, -0.2) is 66.1 Å².